The Morgan fingerprint density at radius 3 is 2.60 bits per heavy atom. The van der Waals surface area contributed by atoms with E-state index in [0.29, 0.717) is 18.9 Å². The van der Waals surface area contributed by atoms with E-state index in [1.807, 2.05) is 18.9 Å². The molecular weight excluding hydrogens is 428 g/mol. The van der Waals surface area contributed by atoms with E-state index in [-0.39, 0.29) is 5.91 Å². The molecule has 7 heteroatoms. The zero-order valence-electron chi connectivity index (χ0n) is 15.5. The van der Waals surface area contributed by atoms with Crippen molar-refractivity contribution in [2.75, 3.05) is 13.6 Å². The number of β-amino-alcohol motifs (C(OH)–C–C–N with tert-alkyl or cyclic N) is 1. The van der Waals surface area contributed by atoms with Crippen molar-refractivity contribution in [2.45, 2.75) is 58.0 Å². The van der Waals surface area contributed by atoms with Crippen molar-refractivity contribution in [3.63, 3.8) is 0 Å². The number of halogens is 1. The van der Waals surface area contributed by atoms with Crippen LogP contribution in [0.1, 0.15) is 51.9 Å². The number of amides is 1. The van der Waals surface area contributed by atoms with E-state index in [1.165, 1.54) is 25.7 Å². The molecule has 0 aromatic carbocycles. The van der Waals surface area contributed by atoms with Crippen molar-refractivity contribution < 1.29 is 9.90 Å². The standard InChI is InChI=1S/C18H29BIN3O2/c1-12(24)10-23-11-14(16(17(19)20)18(23)21-2)22-15(25)9-13-7-5-3-4-6-8-13/h11-13,24H,3-10,19H2,1-2H3,(H,22,25)/b17-16-,21-18+. The smallest absolute Gasteiger partial charge is 0.224 e. The van der Waals surface area contributed by atoms with Gasteiger partial charge in [0.25, 0.3) is 0 Å². The fourth-order valence-corrected chi connectivity index (χ4v) is 4.21. The monoisotopic (exact) mass is 457 g/mol. The number of aliphatic hydroxyl groups is 1. The summed E-state index contributed by atoms with van der Waals surface area (Å²) < 4.78 is 1.08. The third-order valence-corrected chi connectivity index (χ3v) is 5.33. The lowest BCUT2D eigenvalue weighted by atomic mass is 9.96. The Bertz CT molecular complexity index is 575. The number of hydrogen-bond acceptors (Lipinski definition) is 3. The van der Waals surface area contributed by atoms with Gasteiger partial charge in [0.2, 0.25) is 5.91 Å². The van der Waals surface area contributed by atoms with Gasteiger partial charge in [-0.3, -0.25) is 9.79 Å². The van der Waals surface area contributed by atoms with Gasteiger partial charge in [0.05, 0.1) is 11.8 Å². The molecule has 1 fully saturated rings. The lowest BCUT2D eigenvalue weighted by Gasteiger charge is -2.19. The molecule has 2 aliphatic rings. The number of aliphatic hydroxyl groups excluding tert-OH is 1. The van der Waals surface area contributed by atoms with Crippen molar-refractivity contribution in [1.82, 2.24) is 10.2 Å². The second kappa shape index (κ2) is 9.76. The highest BCUT2D eigenvalue weighted by Gasteiger charge is 2.29. The van der Waals surface area contributed by atoms with Gasteiger partial charge in [-0.1, -0.05) is 48.3 Å². The Morgan fingerprint density at radius 2 is 2.08 bits per heavy atom. The number of carbonyl (C=O) groups excluding carboxylic acids is 1. The predicted molar refractivity (Wildman–Crippen MR) is 113 cm³/mol. The Hall–Kier alpha value is -0.825. The molecule has 2 N–H and O–H groups in total. The zero-order chi connectivity index (χ0) is 18.4. The third-order valence-electron chi connectivity index (χ3n) is 4.79. The summed E-state index contributed by atoms with van der Waals surface area (Å²) in [5.74, 6) is 1.39. The minimum absolute atomic E-state index is 0.0858. The molecule has 1 saturated carbocycles. The SMILES string of the molecule is B/C(I)=C1\C(NC(=O)CC2CCCCCC2)=CN(CC(C)O)\C1=N\C. The van der Waals surface area contributed by atoms with Gasteiger partial charge in [0.15, 0.2) is 0 Å². The fourth-order valence-electron chi connectivity index (χ4n) is 3.68. The highest BCUT2D eigenvalue weighted by molar-refractivity contribution is 14.1. The molecule has 0 aromatic heterocycles. The molecule has 1 heterocycles. The molecule has 0 bridgehead atoms. The molecule has 0 spiro atoms. The first-order chi connectivity index (χ1) is 11.9. The first-order valence-corrected chi connectivity index (χ1v) is 10.3. The average Bonchev–Trinajstić information content (AvgIpc) is 2.69. The highest BCUT2D eigenvalue weighted by atomic mass is 127. The summed E-state index contributed by atoms with van der Waals surface area (Å²) in [6.45, 7) is 2.21. The minimum Gasteiger partial charge on any atom is -0.392 e. The molecule has 2 rings (SSSR count). The van der Waals surface area contributed by atoms with Crippen LogP contribution in [-0.4, -0.2) is 49.3 Å². The molecule has 0 radical (unpaired) electrons. The maximum atomic E-state index is 12.6. The first kappa shape index (κ1) is 20.5. The quantitative estimate of drug-likeness (QED) is 0.379. The Kier molecular flexibility index (Phi) is 8.00. The fraction of sp³-hybridized carbons (Fsp3) is 0.667. The van der Waals surface area contributed by atoms with Gasteiger partial charge in [-0.05, 0) is 29.2 Å². The van der Waals surface area contributed by atoms with E-state index < -0.39 is 6.10 Å². The van der Waals surface area contributed by atoms with Gasteiger partial charge in [0.1, 0.15) is 13.7 Å². The summed E-state index contributed by atoms with van der Waals surface area (Å²) in [6.07, 6.45) is 9.44. The summed E-state index contributed by atoms with van der Waals surface area (Å²) in [4.78, 5) is 18.9. The summed E-state index contributed by atoms with van der Waals surface area (Å²) in [5.41, 5.74) is 1.75. The second-order valence-corrected chi connectivity index (χ2v) is 8.73. The lowest BCUT2D eigenvalue weighted by molar-refractivity contribution is -0.121. The van der Waals surface area contributed by atoms with Crippen LogP contribution in [0.2, 0.25) is 0 Å². The Morgan fingerprint density at radius 1 is 1.44 bits per heavy atom. The van der Waals surface area contributed by atoms with Crippen LogP contribution in [0.3, 0.4) is 0 Å². The molecule has 0 saturated heterocycles. The first-order valence-electron chi connectivity index (χ1n) is 9.22. The molecule has 1 aliphatic heterocycles. The number of nitrogens with one attached hydrogen (secondary N) is 1. The summed E-state index contributed by atoms with van der Waals surface area (Å²) in [6, 6.07) is 0. The maximum absolute atomic E-state index is 12.6. The van der Waals surface area contributed by atoms with Crippen LogP contribution in [0.25, 0.3) is 0 Å². The van der Waals surface area contributed by atoms with Gasteiger partial charge in [-0.2, -0.15) is 0 Å². The minimum atomic E-state index is -0.468. The van der Waals surface area contributed by atoms with Gasteiger partial charge >= 0.3 is 0 Å². The van der Waals surface area contributed by atoms with E-state index in [4.69, 9.17) is 0 Å². The number of nitrogens with zero attached hydrogens (tertiary/aromatic N) is 2. The predicted octanol–water partition coefficient (Wildman–Crippen LogP) is 2.31. The van der Waals surface area contributed by atoms with Gasteiger partial charge in [0, 0.05) is 31.8 Å². The van der Waals surface area contributed by atoms with Gasteiger partial charge in [-0.25, -0.2) is 0 Å². The van der Waals surface area contributed by atoms with E-state index in [9.17, 15) is 9.90 Å². The zero-order valence-corrected chi connectivity index (χ0v) is 17.7. The number of aliphatic imine (C=N–C) groups is 1. The summed E-state index contributed by atoms with van der Waals surface area (Å²) in [5, 5.41) is 12.8. The van der Waals surface area contributed by atoms with E-state index >= 15 is 0 Å². The number of amidine groups is 1. The van der Waals surface area contributed by atoms with Crippen LogP contribution in [0.5, 0.6) is 0 Å². The van der Waals surface area contributed by atoms with Crippen molar-refractivity contribution >= 4 is 42.2 Å². The molecular formula is C18H29BIN3O2. The van der Waals surface area contributed by atoms with E-state index in [2.05, 4.69) is 32.9 Å². The van der Waals surface area contributed by atoms with Crippen LogP contribution in [-0.2, 0) is 4.79 Å². The molecule has 1 aliphatic carbocycles. The van der Waals surface area contributed by atoms with Crippen LogP contribution in [0.15, 0.2) is 25.9 Å². The Labute approximate surface area is 165 Å². The van der Waals surface area contributed by atoms with Crippen LogP contribution in [0.4, 0.5) is 0 Å². The summed E-state index contributed by atoms with van der Waals surface area (Å²) >= 11 is 2.27. The normalized spacial score (nSPS) is 24.1. The third kappa shape index (κ3) is 5.84. The van der Waals surface area contributed by atoms with Gasteiger partial charge < -0.3 is 15.3 Å². The maximum Gasteiger partial charge on any atom is 0.224 e. The van der Waals surface area contributed by atoms with Crippen molar-refractivity contribution in [1.29, 1.82) is 0 Å². The number of hydrogen-bond donors (Lipinski definition) is 2. The molecule has 25 heavy (non-hydrogen) atoms. The number of rotatable bonds is 5. The number of carbonyl (C=O) groups is 1. The molecule has 5 nitrogen and oxygen atoms in total. The second-order valence-electron chi connectivity index (χ2n) is 7.11. The van der Waals surface area contributed by atoms with Crippen LogP contribution in [0, 0.1) is 5.92 Å². The highest BCUT2D eigenvalue weighted by Crippen LogP contribution is 2.28. The molecule has 0 aromatic rings. The molecule has 1 atom stereocenters. The Balaban J connectivity index is 2.09. The molecule has 1 amide bonds. The average molecular weight is 457 g/mol. The topological polar surface area (TPSA) is 64.9 Å². The van der Waals surface area contributed by atoms with E-state index in [1.54, 1.807) is 14.0 Å². The largest absolute Gasteiger partial charge is 0.392 e. The van der Waals surface area contributed by atoms with Gasteiger partial charge in [-0.15, -0.1) is 0 Å². The summed E-state index contributed by atoms with van der Waals surface area (Å²) in [7, 11) is 3.76. The molecule has 1 unspecified atom stereocenters. The van der Waals surface area contributed by atoms with Crippen LogP contribution < -0.4 is 5.32 Å². The van der Waals surface area contributed by atoms with E-state index in [0.717, 1.165) is 33.4 Å². The van der Waals surface area contributed by atoms with Crippen LogP contribution >= 0.6 is 22.6 Å². The molecule has 138 valence electrons. The lowest BCUT2D eigenvalue weighted by Crippen LogP contribution is -2.30. The van der Waals surface area contributed by atoms with Crippen molar-refractivity contribution in [3.05, 3.63) is 20.9 Å². The van der Waals surface area contributed by atoms with Crippen molar-refractivity contribution in [3.8, 4) is 0 Å². The van der Waals surface area contributed by atoms with Crippen molar-refractivity contribution in [2.24, 2.45) is 10.9 Å².